The lowest BCUT2D eigenvalue weighted by atomic mass is 9.98. The lowest BCUT2D eigenvalue weighted by Crippen LogP contribution is -2.08. The minimum atomic E-state index is -0.373. The molecule has 0 unspecified atom stereocenters. The first kappa shape index (κ1) is 17.8. The van der Waals surface area contributed by atoms with Crippen molar-refractivity contribution in [2.24, 2.45) is 0 Å². The van der Waals surface area contributed by atoms with Crippen LogP contribution in [0.15, 0.2) is 54.6 Å². The zero-order chi connectivity index (χ0) is 20.1. The molecule has 5 heteroatoms. The molecular weight excluding hydrogens is 380 g/mol. The summed E-state index contributed by atoms with van der Waals surface area (Å²) in [7, 11) is 1.41. The number of hydrogen-bond acceptors (Lipinski definition) is 5. The maximum Gasteiger partial charge on any atom is 0.340 e. The number of carbonyl (C=O) groups excluding carboxylic acids is 1. The summed E-state index contributed by atoms with van der Waals surface area (Å²) in [4.78, 5) is 23.3. The van der Waals surface area contributed by atoms with Gasteiger partial charge in [-0.2, -0.15) is 0 Å². The molecule has 142 valence electrons. The molecule has 5 aromatic rings. The highest BCUT2D eigenvalue weighted by atomic mass is 32.1. The Labute approximate surface area is 171 Å². The number of rotatable bonds is 2. The van der Waals surface area contributed by atoms with Crippen LogP contribution in [0.2, 0.25) is 0 Å². The molecule has 29 heavy (non-hydrogen) atoms. The lowest BCUT2D eigenvalue weighted by molar-refractivity contribution is 0.0600. The minimum absolute atomic E-state index is 0.373. The van der Waals surface area contributed by atoms with Crippen LogP contribution in [0.3, 0.4) is 0 Å². The summed E-state index contributed by atoms with van der Waals surface area (Å²) in [6.07, 6.45) is 0. The summed E-state index contributed by atoms with van der Waals surface area (Å²) in [6.45, 7) is 3.94. The standard InChI is InChI=1S/C24H18N2O2S/c1-13-9-10-18-16(11-13)12-17-21-22(29-23(17)26-18)20(15-7-5-4-6-8-15)19(14(2)25-21)24(27)28-3/h4-12H,1-3H3. The van der Waals surface area contributed by atoms with Crippen molar-refractivity contribution in [2.75, 3.05) is 7.11 Å². The smallest absolute Gasteiger partial charge is 0.340 e. The summed E-state index contributed by atoms with van der Waals surface area (Å²) in [5.74, 6) is -0.373. The topological polar surface area (TPSA) is 52.1 Å². The van der Waals surface area contributed by atoms with E-state index in [-0.39, 0.29) is 5.97 Å². The van der Waals surface area contributed by atoms with Gasteiger partial charge in [0, 0.05) is 16.3 Å². The van der Waals surface area contributed by atoms with Crippen LogP contribution in [-0.2, 0) is 4.74 Å². The van der Waals surface area contributed by atoms with Gasteiger partial charge >= 0.3 is 5.97 Å². The van der Waals surface area contributed by atoms with Crippen molar-refractivity contribution < 1.29 is 9.53 Å². The predicted octanol–water partition coefficient (Wildman–Crippen LogP) is 6.07. The van der Waals surface area contributed by atoms with Crippen molar-refractivity contribution >= 4 is 48.6 Å². The number of ether oxygens (including phenoxy) is 1. The van der Waals surface area contributed by atoms with Crippen LogP contribution in [-0.4, -0.2) is 23.0 Å². The Bertz CT molecular complexity index is 1420. The van der Waals surface area contributed by atoms with Gasteiger partial charge < -0.3 is 4.74 Å². The number of fused-ring (bicyclic) bond motifs is 4. The molecule has 0 aliphatic rings. The molecule has 0 aliphatic heterocycles. The van der Waals surface area contributed by atoms with Gasteiger partial charge in [0.25, 0.3) is 0 Å². The summed E-state index contributed by atoms with van der Waals surface area (Å²) in [6, 6.07) is 18.3. The third-order valence-corrected chi connectivity index (χ3v) is 6.28. The number of esters is 1. The number of thiophene rings is 1. The van der Waals surface area contributed by atoms with Gasteiger partial charge in [-0.25, -0.2) is 9.78 Å². The maximum absolute atomic E-state index is 12.6. The van der Waals surface area contributed by atoms with E-state index in [9.17, 15) is 4.79 Å². The van der Waals surface area contributed by atoms with Gasteiger partial charge in [0.05, 0.1) is 34.1 Å². The highest BCUT2D eigenvalue weighted by Gasteiger charge is 2.24. The van der Waals surface area contributed by atoms with Crippen LogP contribution in [0.1, 0.15) is 21.6 Å². The summed E-state index contributed by atoms with van der Waals surface area (Å²) in [5.41, 5.74) is 6.04. The van der Waals surface area contributed by atoms with Crippen LogP contribution < -0.4 is 0 Å². The molecule has 0 fully saturated rings. The molecule has 0 bridgehead atoms. The zero-order valence-electron chi connectivity index (χ0n) is 16.3. The van der Waals surface area contributed by atoms with E-state index < -0.39 is 0 Å². The number of benzene rings is 2. The fourth-order valence-electron chi connectivity index (χ4n) is 3.82. The second-order valence-corrected chi connectivity index (χ2v) is 8.12. The minimum Gasteiger partial charge on any atom is -0.465 e. The molecule has 0 aliphatic carbocycles. The number of methoxy groups -OCH3 is 1. The molecule has 5 rings (SSSR count). The van der Waals surface area contributed by atoms with E-state index in [4.69, 9.17) is 14.7 Å². The summed E-state index contributed by atoms with van der Waals surface area (Å²) < 4.78 is 6.04. The second-order valence-electron chi connectivity index (χ2n) is 7.12. The third-order valence-electron chi connectivity index (χ3n) is 5.17. The van der Waals surface area contributed by atoms with Crippen molar-refractivity contribution in [1.29, 1.82) is 0 Å². The number of nitrogens with zero attached hydrogens (tertiary/aromatic N) is 2. The Kier molecular flexibility index (Phi) is 4.07. The molecule has 0 radical (unpaired) electrons. The number of carbonyl (C=O) groups is 1. The van der Waals surface area contributed by atoms with Gasteiger partial charge in [0.1, 0.15) is 4.83 Å². The summed E-state index contributed by atoms with van der Waals surface area (Å²) >= 11 is 1.57. The number of hydrogen-bond donors (Lipinski definition) is 0. The molecule has 3 aromatic heterocycles. The second kappa shape index (κ2) is 6.64. The molecule has 3 heterocycles. The maximum atomic E-state index is 12.6. The normalized spacial score (nSPS) is 11.4. The summed E-state index contributed by atoms with van der Waals surface area (Å²) in [5, 5.41) is 2.11. The monoisotopic (exact) mass is 398 g/mol. The van der Waals surface area contributed by atoms with Gasteiger partial charge in [-0.05, 0) is 37.6 Å². The highest BCUT2D eigenvalue weighted by Crippen LogP contribution is 2.42. The lowest BCUT2D eigenvalue weighted by Gasteiger charge is -2.12. The average molecular weight is 398 g/mol. The molecule has 0 saturated carbocycles. The number of aryl methyl sites for hydroxylation is 2. The van der Waals surface area contributed by atoms with Gasteiger partial charge in [0.15, 0.2) is 0 Å². The Balaban J connectivity index is 1.95. The Morgan fingerprint density at radius 2 is 1.79 bits per heavy atom. The fraction of sp³-hybridized carbons (Fsp3) is 0.125. The molecule has 4 nitrogen and oxygen atoms in total. The Morgan fingerprint density at radius 1 is 1.00 bits per heavy atom. The Morgan fingerprint density at radius 3 is 2.55 bits per heavy atom. The van der Waals surface area contributed by atoms with Crippen molar-refractivity contribution in [3.63, 3.8) is 0 Å². The highest BCUT2D eigenvalue weighted by molar-refractivity contribution is 7.26. The van der Waals surface area contributed by atoms with E-state index in [1.807, 2.05) is 43.3 Å². The first-order chi connectivity index (χ1) is 14.1. The fourth-order valence-corrected chi connectivity index (χ4v) is 5.00. The quantitative estimate of drug-likeness (QED) is 0.339. The van der Waals surface area contributed by atoms with E-state index in [1.165, 1.54) is 12.7 Å². The third kappa shape index (κ3) is 2.77. The van der Waals surface area contributed by atoms with Gasteiger partial charge in [0.2, 0.25) is 0 Å². The van der Waals surface area contributed by atoms with Gasteiger partial charge in [-0.3, -0.25) is 4.98 Å². The molecule has 2 aromatic carbocycles. The molecule has 0 saturated heterocycles. The molecule has 0 spiro atoms. The van der Waals surface area contributed by atoms with Gasteiger partial charge in [-0.1, -0.05) is 42.0 Å². The largest absolute Gasteiger partial charge is 0.465 e. The van der Waals surface area contributed by atoms with E-state index >= 15 is 0 Å². The SMILES string of the molecule is COC(=O)c1c(C)nc2c(sc3nc4ccc(C)cc4cc32)c1-c1ccccc1. The van der Waals surface area contributed by atoms with Crippen molar-refractivity contribution in [2.45, 2.75) is 13.8 Å². The van der Waals surface area contributed by atoms with E-state index in [0.717, 1.165) is 42.5 Å². The first-order valence-electron chi connectivity index (χ1n) is 9.35. The van der Waals surface area contributed by atoms with E-state index in [1.54, 1.807) is 11.3 Å². The van der Waals surface area contributed by atoms with E-state index in [0.29, 0.717) is 11.3 Å². The van der Waals surface area contributed by atoms with Crippen LogP contribution in [0.4, 0.5) is 0 Å². The van der Waals surface area contributed by atoms with Crippen molar-refractivity contribution in [3.8, 4) is 11.1 Å². The van der Waals surface area contributed by atoms with E-state index in [2.05, 4.69) is 25.1 Å². The predicted molar refractivity (Wildman–Crippen MR) is 119 cm³/mol. The Hall–Kier alpha value is -3.31. The zero-order valence-corrected chi connectivity index (χ0v) is 17.1. The number of aromatic nitrogens is 2. The van der Waals surface area contributed by atoms with Crippen molar-refractivity contribution in [1.82, 2.24) is 9.97 Å². The van der Waals surface area contributed by atoms with Gasteiger partial charge in [-0.15, -0.1) is 11.3 Å². The van der Waals surface area contributed by atoms with Crippen LogP contribution in [0, 0.1) is 13.8 Å². The average Bonchev–Trinajstić information content (AvgIpc) is 3.08. The van der Waals surface area contributed by atoms with Crippen LogP contribution in [0.5, 0.6) is 0 Å². The van der Waals surface area contributed by atoms with Crippen molar-refractivity contribution in [3.05, 3.63) is 71.4 Å². The van der Waals surface area contributed by atoms with Crippen LogP contribution >= 0.6 is 11.3 Å². The molecule has 0 amide bonds. The molecular formula is C24H18N2O2S. The first-order valence-corrected chi connectivity index (χ1v) is 10.2. The molecule has 0 atom stereocenters. The molecule has 0 N–H and O–H groups in total. The van der Waals surface area contributed by atoms with Crippen LogP contribution in [0.25, 0.3) is 42.5 Å². The number of pyridine rings is 2.